The maximum absolute atomic E-state index is 12.4. The number of hydrogen-bond acceptors (Lipinski definition) is 9. The minimum absolute atomic E-state index is 0.133. The van der Waals surface area contributed by atoms with E-state index in [0.717, 1.165) is 5.01 Å². The summed E-state index contributed by atoms with van der Waals surface area (Å²) < 4.78 is 15.5. The first-order valence-electron chi connectivity index (χ1n) is 8.99. The van der Waals surface area contributed by atoms with Crippen LogP contribution in [0.3, 0.4) is 0 Å². The molecular weight excluding hydrogens is 408 g/mol. The lowest BCUT2D eigenvalue weighted by molar-refractivity contribution is -0.112. The van der Waals surface area contributed by atoms with Gasteiger partial charge in [0.05, 0.1) is 7.11 Å². The molecule has 1 N–H and O–H groups in total. The van der Waals surface area contributed by atoms with Crippen LogP contribution in [0.4, 0.5) is 9.93 Å². The van der Waals surface area contributed by atoms with Crippen molar-refractivity contribution in [1.82, 2.24) is 10.2 Å². The van der Waals surface area contributed by atoms with Gasteiger partial charge in [0.25, 0.3) is 5.91 Å². The molecule has 158 valence electrons. The number of nitrogens with zero attached hydrogens (tertiary/aromatic N) is 3. The molecule has 0 bridgehead atoms. The lowest BCUT2D eigenvalue weighted by Gasteiger charge is -2.19. The van der Waals surface area contributed by atoms with E-state index in [0.29, 0.717) is 17.1 Å². The summed E-state index contributed by atoms with van der Waals surface area (Å²) in [6.45, 7) is 7.09. The maximum Gasteiger partial charge on any atom is 0.514 e. The van der Waals surface area contributed by atoms with Gasteiger partial charge in [-0.1, -0.05) is 24.3 Å². The van der Waals surface area contributed by atoms with Crippen molar-refractivity contribution in [1.29, 1.82) is 5.26 Å². The van der Waals surface area contributed by atoms with Crippen molar-refractivity contribution in [2.75, 3.05) is 12.4 Å². The van der Waals surface area contributed by atoms with E-state index < -0.39 is 17.7 Å². The van der Waals surface area contributed by atoms with E-state index in [1.54, 1.807) is 26.8 Å². The molecule has 0 saturated carbocycles. The Morgan fingerprint density at radius 3 is 2.57 bits per heavy atom. The fourth-order valence-electron chi connectivity index (χ4n) is 2.15. The highest BCUT2D eigenvalue weighted by Crippen LogP contribution is 2.30. The normalized spacial score (nSPS) is 11.4. The number of anilines is 1. The van der Waals surface area contributed by atoms with Crippen molar-refractivity contribution in [2.24, 2.45) is 0 Å². The number of rotatable bonds is 6. The fourth-order valence-corrected chi connectivity index (χ4v) is 2.82. The van der Waals surface area contributed by atoms with Crippen LogP contribution in [-0.2, 0) is 16.0 Å². The molecule has 0 unspecified atom stereocenters. The topological polar surface area (TPSA) is 123 Å². The van der Waals surface area contributed by atoms with Crippen molar-refractivity contribution in [3.05, 3.63) is 34.3 Å². The Labute approximate surface area is 178 Å². The van der Waals surface area contributed by atoms with Crippen LogP contribution in [0, 0.1) is 11.3 Å². The van der Waals surface area contributed by atoms with E-state index in [4.69, 9.17) is 14.2 Å². The summed E-state index contributed by atoms with van der Waals surface area (Å²) in [4.78, 5) is 24.2. The zero-order chi connectivity index (χ0) is 22.3. The Morgan fingerprint density at radius 2 is 2.00 bits per heavy atom. The third kappa shape index (κ3) is 6.56. The fraction of sp³-hybridized carbons (Fsp3) is 0.350. The second-order valence-electron chi connectivity index (χ2n) is 6.96. The number of nitrogens with one attached hydrogen (secondary N) is 1. The SMILES string of the molecule is CCc1nnc(NC(=O)/C(C#N)=C/c2ccc(OC(=O)OC(C)(C)C)c(OC)c2)s1. The summed E-state index contributed by atoms with van der Waals surface area (Å²) in [5.74, 6) is -0.221. The van der Waals surface area contributed by atoms with Crippen LogP contribution in [0.1, 0.15) is 38.3 Å². The number of aromatic nitrogens is 2. The van der Waals surface area contributed by atoms with Gasteiger partial charge < -0.3 is 14.2 Å². The van der Waals surface area contributed by atoms with Crippen LogP contribution in [0.5, 0.6) is 11.5 Å². The molecule has 0 aliphatic heterocycles. The lowest BCUT2D eigenvalue weighted by Crippen LogP contribution is -2.26. The number of ether oxygens (including phenoxy) is 3. The number of carbonyl (C=O) groups is 2. The second-order valence-corrected chi connectivity index (χ2v) is 8.02. The molecule has 1 amide bonds. The molecule has 0 radical (unpaired) electrons. The number of nitriles is 1. The van der Waals surface area contributed by atoms with Crippen molar-refractivity contribution in [2.45, 2.75) is 39.7 Å². The van der Waals surface area contributed by atoms with Crippen LogP contribution >= 0.6 is 11.3 Å². The van der Waals surface area contributed by atoms with Gasteiger partial charge in [-0.2, -0.15) is 5.26 Å². The zero-order valence-electron chi connectivity index (χ0n) is 17.3. The van der Waals surface area contributed by atoms with Gasteiger partial charge >= 0.3 is 6.16 Å². The molecule has 30 heavy (non-hydrogen) atoms. The van der Waals surface area contributed by atoms with E-state index in [1.807, 2.05) is 13.0 Å². The number of methoxy groups -OCH3 is 1. The first-order chi connectivity index (χ1) is 14.1. The number of benzene rings is 1. The van der Waals surface area contributed by atoms with Gasteiger partial charge in [0, 0.05) is 0 Å². The van der Waals surface area contributed by atoms with Gasteiger partial charge in [0.15, 0.2) is 11.5 Å². The Hall–Kier alpha value is -3.45. The van der Waals surface area contributed by atoms with Gasteiger partial charge in [0.1, 0.15) is 22.3 Å². The molecule has 1 heterocycles. The summed E-state index contributed by atoms with van der Waals surface area (Å²) in [6, 6.07) is 6.46. The largest absolute Gasteiger partial charge is 0.514 e. The standard InChI is InChI=1S/C20H22N4O5S/c1-6-16-23-24-18(30-16)22-17(25)13(11-21)9-12-7-8-14(15(10-12)27-5)28-19(26)29-20(2,3)4/h7-10H,6H2,1-5H3,(H,22,24,25)/b13-9+. The smallest absolute Gasteiger partial charge is 0.493 e. The number of aryl methyl sites for hydroxylation is 1. The molecule has 0 aliphatic rings. The van der Waals surface area contributed by atoms with Crippen LogP contribution < -0.4 is 14.8 Å². The molecule has 0 spiro atoms. The van der Waals surface area contributed by atoms with Crippen LogP contribution in [0.15, 0.2) is 23.8 Å². The second kappa shape index (κ2) is 9.84. The first kappa shape index (κ1) is 22.8. The van der Waals surface area contributed by atoms with Crippen LogP contribution in [0.2, 0.25) is 0 Å². The molecule has 0 fully saturated rings. The molecule has 0 saturated heterocycles. The molecule has 1 aromatic heterocycles. The Bertz CT molecular complexity index is 1000. The monoisotopic (exact) mass is 430 g/mol. The van der Waals surface area contributed by atoms with Crippen molar-refractivity contribution in [3.63, 3.8) is 0 Å². The van der Waals surface area contributed by atoms with Gasteiger partial charge in [-0.15, -0.1) is 10.2 Å². The summed E-state index contributed by atoms with van der Waals surface area (Å²) in [7, 11) is 1.41. The van der Waals surface area contributed by atoms with E-state index in [2.05, 4.69) is 15.5 Å². The predicted octanol–water partition coefficient (Wildman–Crippen LogP) is 3.97. The van der Waals surface area contributed by atoms with Crippen LogP contribution in [0.25, 0.3) is 6.08 Å². The molecule has 1 aromatic carbocycles. The lowest BCUT2D eigenvalue weighted by atomic mass is 10.1. The number of hydrogen-bond donors (Lipinski definition) is 1. The molecule has 2 rings (SSSR count). The van der Waals surface area contributed by atoms with E-state index in [1.165, 1.54) is 36.7 Å². The summed E-state index contributed by atoms with van der Waals surface area (Å²) in [5.41, 5.74) is -0.333. The molecule has 10 heteroatoms. The molecule has 0 atom stereocenters. The van der Waals surface area contributed by atoms with E-state index >= 15 is 0 Å². The minimum Gasteiger partial charge on any atom is -0.493 e. The van der Waals surface area contributed by atoms with Crippen molar-refractivity contribution >= 4 is 34.6 Å². The Balaban J connectivity index is 2.18. The minimum atomic E-state index is -0.871. The molecule has 0 aliphatic carbocycles. The predicted molar refractivity (Wildman–Crippen MR) is 111 cm³/mol. The zero-order valence-corrected chi connectivity index (χ0v) is 18.1. The highest BCUT2D eigenvalue weighted by atomic mass is 32.1. The van der Waals surface area contributed by atoms with Gasteiger partial charge in [-0.25, -0.2) is 4.79 Å². The third-order valence-electron chi connectivity index (χ3n) is 3.44. The average Bonchev–Trinajstić information content (AvgIpc) is 3.12. The first-order valence-corrected chi connectivity index (χ1v) is 9.81. The van der Waals surface area contributed by atoms with Gasteiger partial charge in [0.2, 0.25) is 5.13 Å². The van der Waals surface area contributed by atoms with Crippen LogP contribution in [-0.4, -0.2) is 35.0 Å². The number of carbonyl (C=O) groups excluding carboxylic acids is 2. The molecule has 9 nitrogen and oxygen atoms in total. The average molecular weight is 430 g/mol. The summed E-state index contributed by atoms with van der Waals surface area (Å²) in [5, 5.41) is 20.8. The van der Waals surface area contributed by atoms with E-state index in [-0.39, 0.29) is 17.1 Å². The quantitative estimate of drug-likeness (QED) is 0.316. The van der Waals surface area contributed by atoms with Crippen molar-refractivity contribution < 1.29 is 23.8 Å². The summed E-state index contributed by atoms with van der Waals surface area (Å²) in [6.07, 6.45) is 1.22. The highest BCUT2D eigenvalue weighted by molar-refractivity contribution is 7.15. The van der Waals surface area contributed by atoms with E-state index in [9.17, 15) is 14.9 Å². The summed E-state index contributed by atoms with van der Waals surface area (Å²) >= 11 is 1.24. The highest BCUT2D eigenvalue weighted by Gasteiger charge is 2.20. The maximum atomic E-state index is 12.4. The van der Waals surface area contributed by atoms with Crippen molar-refractivity contribution in [3.8, 4) is 17.6 Å². The van der Waals surface area contributed by atoms with Gasteiger partial charge in [-0.3, -0.25) is 10.1 Å². The third-order valence-corrected chi connectivity index (χ3v) is 4.42. The molecular formula is C20H22N4O5S. The Kier molecular flexibility index (Phi) is 7.49. The molecule has 2 aromatic rings. The number of amides is 1. The van der Waals surface area contributed by atoms with Gasteiger partial charge in [-0.05, 0) is 51.0 Å². The Morgan fingerprint density at radius 1 is 1.27 bits per heavy atom.